The van der Waals surface area contributed by atoms with Crippen LogP contribution in [0.5, 0.6) is 0 Å². The molecule has 100 valence electrons. The van der Waals surface area contributed by atoms with Crippen LogP contribution in [0.25, 0.3) is 0 Å². The molecule has 4 nitrogen and oxygen atoms in total. The van der Waals surface area contributed by atoms with Crippen molar-refractivity contribution in [1.82, 2.24) is 9.97 Å². The van der Waals surface area contributed by atoms with Crippen LogP contribution in [0, 0.1) is 6.92 Å². The molecule has 0 spiro atoms. The highest BCUT2D eigenvalue weighted by Crippen LogP contribution is 2.22. The van der Waals surface area contributed by atoms with E-state index in [1.807, 2.05) is 0 Å². The highest BCUT2D eigenvalue weighted by atomic mass is 16.4. The van der Waals surface area contributed by atoms with Gasteiger partial charge in [-0.25, -0.2) is 9.97 Å². The van der Waals surface area contributed by atoms with Gasteiger partial charge in [0.1, 0.15) is 5.82 Å². The predicted octanol–water partition coefficient (Wildman–Crippen LogP) is 3.31. The number of carboxylic acid groups (broad SMARTS) is 1. The monoisotopic (exact) mass is 250 g/mol. The third-order valence-corrected chi connectivity index (χ3v) is 3.10. The van der Waals surface area contributed by atoms with Crippen LogP contribution in [0.3, 0.4) is 0 Å². The number of aromatic nitrogens is 2. The topological polar surface area (TPSA) is 63.1 Å². The minimum atomic E-state index is -0.780. The van der Waals surface area contributed by atoms with E-state index in [2.05, 4.69) is 16.9 Å². The van der Waals surface area contributed by atoms with Gasteiger partial charge in [0.25, 0.3) is 0 Å². The second kappa shape index (κ2) is 7.80. The van der Waals surface area contributed by atoms with Gasteiger partial charge in [-0.1, -0.05) is 39.0 Å². The standard InChI is InChI=1S/C14H22N2O2/c1-3-4-5-6-7-8-13(14(17)18)12-9-15-11(2)16-10-12/h9-10,13H,3-8H2,1-2H3,(H,17,18)/t13-/m1/s1. The molecule has 1 aromatic heterocycles. The van der Waals surface area contributed by atoms with Gasteiger partial charge in [-0.15, -0.1) is 0 Å². The number of aliphatic carboxylic acids is 1. The highest BCUT2D eigenvalue weighted by molar-refractivity contribution is 5.75. The van der Waals surface area contributed by atoms with Gasteiger partial charge >= 0.3 is 5.97 Å². The van der Waals surface area contributed by atoms with Crippen LogP contribution in [-0.2, 0) is 4.79 Å². The summed E-state index contributed by atoms with van der Waals surface area (Å²) in [6, 6.07) is 0. The largest absolute Gasteiger partial charge is 0.481 e. The lowest BCUT2D eigenvalue weighted by Crippen LogP contribution is -2.12. The second-order valence-electron chi connectivity index (χ2n) is 4.66. The van der Waals surface area contributed by atoms with E-state index in [-0.39, 0.29) is 0 Å². The van der Waals surface area contributed by atoms with Crippen LogP contribution in [0.1, 0.15) is 62.8 Å². The number of aryl methyl sites for hydroxylation is 1. The number of nitrogens with zero attached hydrogens (tertiary/aromatic N) is 2. The van der Waals surface area contributed by atoms with E-state index in [4.69, 9.17) is 0 Å². The van der Waals surface area contributed by atoms with Crippen molar-refractivity contribution < 1.29 is 9.90 Å². The second-order valence-corrected chi connectivity index (χ2v) is 4.66. The number of rotatable bonds is 8. The van der Waals surface area contributed by atoms with Gasteiger partial charge in [0.2, 0.25) is 0 Å². The Morgan fingerprint density at radius 2 is 1.83 bits per heavy atom. The summed E-state index contributed by atoms with van der Waals surface area (Å²) in [7, 11) is 0. The van der Waals surface area contributed by atoms with Crippen LogP contribution >= 0.6 is 0 Å². The lowest BCUT2D eigenvalue weighted by molar-refractivity contribution is -0.139. The summed E-state index contributed by atoms with van der Waals surface area (Å²) in [5, 5.41) is 9.24. The Morgan fingerprint density at radius 1 is 1.22 bits per heavy atom. The van der Waals surface area contributed by atoms with E-state index in [9.17, 15) is 9.90 Å². The Bertz CT molecular complexity index is 363. The smallest absolute Gasteiger partial charge is 0.311 e. The molecule has 0 saturated carbocycles. The van der Waals surface area contributed by atoms with E-state index in [0.29, 0.717) is 17.8 Å². The van der Waals surface area contributed by atoms with Crippen LogP contribution in [0.15, 0.2) is 12.4 Å². The van der Waals surface area contributed by atoms with Crippen molar-refractivity contribution in [3.05, 3.63) is 23.8 Å². The molecular weight excluding hydrogens is 228 g/mol. The molecule has 18 heavy (non-hydrogen) atoms. The van der Waals surface area contributed by atoms with Crippen molar-refractivity contribution in [3.8, 4) is 0 Å². The number of carbonyl (C=O) groups is 1. The molecule has 1 rings (SSSR count). The summed E-state index contributed by atoms with van der Waals surface area (Å²) in [5.41, 5.74) is 0.712. The molecule has 0 fully saturated rings. The van der Waals surface area contributed by atoms with Gasteiger partial charge in [-0.05, 0) is 13.3 Å². The molecule has 0 radical (unpaired) electrons. The normalized spacial score (nSPS) is 12.3. The summed E-state index contributed by atoms with van der Waals surface area (Å²) < 4.78 is 0. The molecule has 1 aromatic rings. The maximum absolute atomic E-state index is 11.2. The third kappa shape index (κ3) is 4.82. The first-order valence-corrected chi connectivity index (χ1v) is 6.66. The zero-order chi connectivity index (χ0) is 13.4. The van der Waals surface area contributed by atoms with Gasteiger partial charge in [0, 0.05) is 18.0 Å². The average Bonchev–Trinajstić information content (AvgIpc) is 2.35. The fourth-order valence-electron chi connectivity index (χ4n) is 1.97. The summed E-state index contributed by atoms with van der Waals surface area (Å²) in [5.74, 6) is -0.573. The summed E-state index contributed by atoms with van der Waals surface area (Å²) in [6.07, 6.45) is 9.60. The van der Waals surface area contributed by atoms with Crippen molar-refractivity contribution in [3.63, 3.8) is 0 Å². The zero-order valence-corrected chi connectivity index (χ0v) is 11.2. The summed E-state index contributed by atoms with van der Waals surface area (Å²) in [6.45, 7) is 3.97. The molecule has 0 unspecified atom stereocenters. The first-order chi connectivity index (χ1) is 8.65. The fourth-order valence-corrected chi connectivity index (χ4v) is 1.97. The molecule has 0 aromatic carbocycles. The highest BCUT2D eigenvalue weighted by Gasteiger charge is 2.19. The fraction of sp³-hybridized carbons (Fsp3) is 0.643. The van der Waals surface area contributed by atoms with Crippen LogP contribution in [-0.4, -0.2) is 21.0 Å². The molecular formula is C14H22N2O2. The molecule has 0 saturated heterocycles. The summed E-state index contributed by atoms with van der Waals surface area (Å²) in [4.78, 5) is 19.4. The molecule has 4 heteroatoms. The van der Waals surface area contributed by atoms with Crippen molar-refractivity contribution in [2.24, 2.45) is 0 Å². The Kier molecular flexibility index (Phi) is 6.33. The molecule has 1 atom stereocenters. The van der Waals surface area contributed by atoms with E-state index < -0.39 is 11.9 Å². The lowest BCUT2D eigenvalue weighted by Gasteiger charge is -2.11. The molecule has 0 amide bonds. The molecule has 0 aliphatic heterocycles. The first kappa shape index (κ1) is 14.6. The van der Waals surface area contributed by atoms with E-state index in [0.717, 1.165) is 12.8 Å². The molecule has 1 N–H and O–H groups in total. The third-order valence-electron chi connectivity index (χ3n) is 3.10. The molecule has 0 aliphatic carbocycles. The quantitative estimate of drug-likeness (QED) is 0.719. The van der Waals surface area contributed by atoms with Gasteiger partial charge in [0.05, 0.1) is 5.92 Å². The molecule has 1 heterocycles. The Balaban J connectivity index is 2.50. The predicted molar refractivity (Wildman–Crippen MR) is 70.5 cm³/mol. The minimum absolute atomic E-state index is 0.466. The van der Waals surface area contributed by atoms with Crippen molar-refractivity contribution in [2.75, 3.05) is 0 Å². The van der Waals surface area contributed by atoms with Gasteiger partial charge < -0.3 is 5.11 Å². The number of carboxylic acids is 1. The maximum atomic E-state index is 11.2. The SMILES string of the molecule is CCCCCCC[C@@H](C(=O)O)c1cnc(C)nc1. The number of hydrogen-bond acceptors (Lipinski definition) is 3. The molecule has 0 aliphatic rings. The maximum Gasteiger partial charge on any atom is 0.311 e. The van der Waals surface area contributed by atoms with Crippen molar-refractivity contribution in [1.29, 1.82) is 0 Å². The van der Waals surface area contributed by atoms with E-state index in [1.165, 1.54) is 19.3 Å². The Hall–Kier alpha value is -1.45. The lowest BCUT2D eigenvalue weighted by atomic mass is 9.95. The van der Waals surface area contributed by atoms with Crippen LogP contribution < -0.4 is 0 Å². The Morgan fingerprint density at radius 3 is 2.39 bits per heavy atom. The van der Waals surface area contributed by atoms with E-state index >= 15 is 0 Å². The van der Waals surface area contributed by atoms with Crippen LogP contribution in [0.4, 0.5) is 0 Å². The van der Waals surface area contributed by atoms with Gasteiger partial charge in [0.15, 0.2) is 0 Å². The first-order valence-electron chi connectivity index (χ1n) is 6.66. The number of unbranched alkanes of at least 4 members (excludes halogenated alkanes) is 4. The van der Waals surface area contributed by atoms with Crippen molar-refractivity contribution >= 4 is 5.97 Å². The van der Waals surface area contributed by atoms with Crippen molar-refractivity contribution in [2.45, 2.75) is 58.3 Å². The minimum Gasteiger partial charge on any atom is -0.481 e. The number of hydrogen-bond donors (Lipinski definition) is 1. The summed E-state index contributed by atoms with van der Waals surface area (Å²) >= 11 is 0. The molecule has 0 bridgehead atoms. The van der Waals surface area contributed by atoms with Crippen LogP contribution in [0.2, 0.25) is 0 Å². The Labute approximate surface area is 108 Å². The zero-order valence-electron chi connectivity index (χ0n) is 11.2. The van der Waals surface area contributed by atoms with Gasteiger partial charge in [-0.3, -0.25) is 4.79 Å². The average molecular weight is 250 g/mol. The van der Waals surface area contributed by atoms with E-state index in [1.54, 1.807) is 19.3 Å². The van der Waals surface area contributed by atoms with Gasteiger partial charge in [-0.2, -0.15) is 0 Å².